The second-order valence-corrected chi connectivity index (χ2v) is 4.74. The average Bonchev–Trinajstić information content (AvgIpc) is 2.91. The number of rotatable bonds is 2. The normalized spacial score (nSPS) is 14.6. The highest BCUT2D eigenvalue weighted by Crippen LogP contribution is 2.30. The van der Waals surface area contributed by atoms with Crippen molar-refractivity contribution in [2.45, 2.75) is 19.4 Å². The molecule has 0 atom stereocenters. The van der Waals surface area contributed by atoms with E-state index in [4.69, 9.17) is 5.73 Å². The number of imidazole rings is 1. The highest BCUT2D eigenvalue weighted by atomic mass is 16.2. The molecule has 98 valence electrons. The summed E-state index contributed by atoms with van der Waals surface area (Å²) in [6.45, 7) is 0.405. The number of benzene rings is 1. The van der Waals surface area contributed by atoms with Crippen molar-refractivity contribution in [1.29, 1.82) is 0 Å². The molecule has 0 unspecified atom stereocenters. The number of H-pyrrole nitrogens is 1. The monoisotopic (exact) mass is 256 g/mol. The Morgan fingerprint density at radius 1 is 1.42 bits per heavy atom. The Kier molecular flexibility index (Phi) is 2.83. The van der Waals surface area contributed by atoms with Crippen LogP contribution in [0.3, 0.4) is 0 Å². The molecule has 1 aromatic carbocycles. The zero-order valence-electron chi connectivity index (χ0n) is 10.8. The minimum Gasteiger partial charge on any atom is -0.341 e. The minimum absolute atomic E-state index is 0.173. The second-order valence-electron chi connectivity index (χ2n) is 4.74. The van der Waals surface area contributed by atoms with Gasteiger partial charge in [-0.2, -0.15) is 0 Å². The Balaban J connectivity index is 1.99. The first-order chi connectivity index (χ1) is 9.19. The molecule has 0 fully saturated rings. The molecular weight excluding hydrogens is 240 g/mol. The predicted octanol–water partition coefficient (Wildman–Crippen LogP) is 1.44. The Morgan fingerprint density at radius 3 is 3.00 bits per heavy atom. The molecule has 0 aliphatic carbocycles. The molecule has 1 aliphatic heterocycles. The summed E-state index contributed by atoms with van der Waals surface area (Å²) in [7, 11) is 1.82. The van der Waals surface area contributed by atoms with Crippen LogP contribution in [0.4, 0.5) is 5.69 Å². The number of nitrogens with one attached hydrogen (secondary N) is 1. The fraction of sp³-hybridized carbons (Fsp3) is 0.286. The molecule has 2 aromatic rings. The summed E-state index contributed by atoms with van der Waals surface area (Å²) < 4.78 is 0. The molecule has 5 nitrogen and oxygen atoms in total. The quantitative estimate of drug-likeness (QED) is 0.853. The van der Waals surface area contributed by atoms with Crippen LogP contribution in [0.2, 0.25) is 0 Å². The first-order valence-electron chi connectivity index (χ1n) is 6.33. The van der Waals surface area contributed by atoms with Crippen LogP contribution in [0, 0.1) is 0 Å². The van der Waals surface area contributed by atoms with Gasteiger partial charge in [0.1, 0.15) is 5.82 Å². The van der Waals surface area contributed by atoms with Crippen LogP contribution in [-0.2, 0) is 17.8 Å². The number of nitrogens with zero attached hydrogens (tertiary/aromatic N) is 2. The summed E-state index contributed by atoms with van der Waals surface area (Å²) >= 11 is 0. The summed E-state index contributed by atoms with van der Waals surface area (Å²) in [4.78, 5) is 20.8. The van der Waals surface area contributed by atoms with Gasteiger partial charge in [-0.1, -0.05) is 6.07 Å². The number of aryl methyl sites for hydroxylation is 1. The third-order valence-corrected chi connectivity index (χ3v) is 3.56. The van der Waals surface area contributed by atoms with Crippen LogP contribution < -0.4 is 10.6 Å². The van der Waals surface area contributed by atoms with Crippen molar-refractivity contribution in [3.05, 3.63) is 35.8 Å². The van der Waals surface area contributed by atoms with Gasteiger partial charge in [-0.3, -0.25) is 4.79 Å². The van der Waals surface area contributed by atoms with Crippen molar-refractivity contribution in [2.75, 3.05) is 11.9 Å². The summed E-state index contributed by atoms with van der Waals surface area (Å²) in [6.07, 6.45) is 3.16. The fourth-order valence-corrected chi connectivity index (χ4v) is 2.44. The summed E-state index contributed by atoms with van der Waals surface area (Å²) in [5.74, 6) is 0.951. The van der Waals surface area contributed by atoms with Crippen molar-refractivity contribution >= 4 is 11.6 Å². The molecular formula is C14H16N4O. The number of hydrogen-bond donors (Lipinski definition) is 2. The molecule has 1 aliphatic rings. The fourth-order valence-electron chi connectivity index (χ4n) is 2.44. The number of carbonyl (C=O) groups is 1. The zero-order valence-corrected chi connectivity index (χ0v) is 10.8. The molecule has 19 heavy (non-hydrogen) atoms. The van der Waals surface area contributed by atoms with Crippen molar-refractivity contribution < 1.29 is 4.79 Å². The first kappa shape index (κ1) is 11.9. The maximum Gasteiger partial charge on any atom is 0.227 e. The van der Waals surface area contributed by atoms with Gasteiger partial charge in [0.05, 0.1) is 18.4 Å². The molecule has 0 bridgehead atoms. The Bertz CT molecular complexity index is 632. The minimum atomic E-state index is 0.173. The summed E-state index contributed by atoms with van der Waals surface area (Å²) in [6, 6.07) is 6.11. The van der Waals surface area contributed by atoms with Crippen LogP contribution in [0.5, 0.6) is 0 Å². The van der Waals surface area contributed by atoms with E-state index < -0.39 is 0 Å². The van der Waals surface area contributed by atoms with E-state index in [1.54, 1.807) is 11.1 Å². The zero-order chi connectivity index (χ0) is 13.4. The van der Waals surface area contributed by atoms with E-state index in [0.29, 0.717) is 13.0 Å². The van der Waals surface area contributed by atoms with E-state index in [0.717, 1.165) is 29.2 Å². The van der Waals surface area contributed by atoms with E-state index in [-0.39, 0.29) is 5.91 Å². The second kappa shape index (κ2) is 4.51. The molecule has 3 N–H and O–H groups in total. The molecule has 0 radical (unpaired) electrons. The Labute approximate surface area is 111 Å². The number of carbonyl (C=O) groups excluding carboxylic acids is 1. The van der Waals surface area contributed by atoms with Crippen molar-refractivity contribution in [3.63, 3.8) is 0 Å². The van der Waals surface area contributed by atoms with Crippen LogP contribution in [0.15, 0.2) is 24.4 Å². The number of hydrogen-bond acceptors (Lipinski definition) is 3. The number of nitrogens with two attached hydrogens (primary N) is 1. The van der Waals surface area contributed by atoms with Crippen molar-refractivity contribution in [3.8, 4) is 11.3 Å². The van der Waals surface area contributed by atoms with Gasteiger partial charge >= 0.3 is 0 Å². The van der Waals surface area contributed by atoms with Gasteiger partial charge in [-0.25, -0.2) is 4.98 Å². The topological polar surface area (TPSA) is 75.0 Å². The first-order valence-corrected chi connectivity index (χ1v) is 6.33. The van der Waals surface area contributed by atoms with Crippen LogP contribution in [-0.4, -0.2) is 22.9 Å². The molecule has 3 rings (SSSR count). The Morgan fingerprint density at radius 2 is 2.26 bits per heavy atom. The maximum absolute atomic E-state index is 11.6. The molecule has 0 saturated heterocycles. The summed E-state index contributed by atoms with van der Waals surface area (Å²) in [5, 5.41) is 0. The van der Waals surface area contributed by atoms with E-state index in [1.807, 2.05) is 19.2 Å². The highest BCUT2D eigenvalue weighted by Gasteiger charge is 2.21. The lowest BCUT2D eigenvalue weighted by Crippen LogP contribution is -2.30. The van der Waals surface area contributed by atoms with Crippen molar-refractivity contribution in [1.82, 2.24) is 9.97 Å². The molecule has 5 heteroatoms. The van der Waals surface area contributed by atoms with Gasteiger partial charge in [-0.15, -0.1) is 0 Å². The molecule has 0 spiro atoms. The number of aromatic amines is 1. The molecule has 1 amide bonds. The lowest BCUT2D eigenvalue weighted by Gasteiger charge is -2.26. The standard InChI is InChI=1S/C14H16N4O/c1-18-12-4-2-9(6-10(12)3-5-14(18)19)11-8-16-13(7-15)17-11/h2,4,6,8H,3,5,7,15H2,1H3,(H,16,17). The van der Waals surface area contributed by atoms with E-state index in [1.165, 1.54) is 5.56 Å². The lowest BCUT2D eigenvalue weighted by molar-refractivity contribution is -0.118. The Hall–Kier alpha value is -2.14. The van der Waals surface area contributed by atoms with Crippen molar-refractivity contribution in [2.24, 2.45) is 5.73 Å². The van der Waals surface area contributed by atoms with E-state index >= 15 is 0 Å². The van der Waals surface area contributed by atoms with E-state index in [2.05, 4.69) is 16.0 Å². The van der Waals surface area contributed by atoms with Gasteiger partial charge in [0.25, 0.3) is 0 Å². The number of fused-ring (bicyclic) bond motifs is 1. The smallest absolute Gasteiger partial charge is 0.227 e. The van der Waals surface area contributed by atoms with Gasteiger partial charge in [0.15, 0.2) is 0 Å². The average molecular weight is 256 g/mol. The number of anilines is 1. The maximum atomic E-state index is 11.6. The van der Waals surface area contributed by atoms with Gasteiger partial charge in [-0.05, 0) is 29.7 Å². The SMILES string of the molecule is CN1C(=O)CCc2cc(-c3cnc(CN)[nH]3)ccc21. The van der Waals surface area contributed by atoms with Gasteiger partial charge in [0.2, 0.25) is 5.91 Å². The van der Waals surface area contributed by atoms with Crippen LogP contribution in [0.25, 0.3) is 11.3 Å². The molecule has 2 heterocycles. The number of amides is 1. The largest absolute Gasteiger partial charge is 0.341 e. The summed E-state index contributed by atoms with van der Waals surface area (Å²) in [5.41, 5.74) is 9.78. The van der Waals surface area contributed by atoms with Gasteiger partial charge < -0.3 is 15.6 Å². The van der Waals surface area contributed by atoms with Gasteiger partial charge in [0, 0.05) is 19.2 Å². The van der Waals surface area contributed by atoms with Crippen LogP contribution in [0.1, 0.15) is 17.8 Å². The third kappa shape index (κ3) is 2.02. The predicted molar refractivity (Wildman–Crippen MR) is 73.6 cm³/mol. The number of aromatic nitrogens is 2. The lowest BCUT2D eigenvalue weighted by atomic mass is 9.98. The third-order valence-electron chi connectivity index (χ3n) is 3.56. The van der Waals surface area contributed by atoms with Crippen LogP contribution >= 0.6 is 0 Å². The highest BCUT2D eigenvalue weighted by molar-refractivity contribution is 5.96. The molecule has 0 saturated carbocycles. The van der Waals surface area contributed by atoms with E-state index in [9.17, 15) is 4.79 Å². The molecule has 1 aromatic heterocycles.